The summed E-state index contributed by atoms with van der Waals surface area (Å²) >= 11 is 2.84. The number of anilines is 1. The first kappa shape index (κ1) is 15.7. The molecule has 2 rings (SSSR count). The van der Waals surface area contributed by atoms with Gasteiger partial charge in [-0.15, -0.1) is 0 Å². The van der Waals surface area contributed by atoms with Gasteiger partial charge in [0.15, 0.2) is 0 Å². The van der Waals surface area contributed by atoms with Crippen LogP contribution < -0.4 is 4.72 Å². The first-order chi connectivity index (χ1) is 9.31. The lowest BCUT2D eigenvalue weighted by molar-refractivity contribution is 0.270. The maximum Gasteiger partial charge on any atom is 0.301 e. The second-order valence-corrected chi connectivity index (χ2v) is 7.29. The Balaban J connectivity index is 2.26. The monoisotopic (exact) mass is 368 g/mol. The fraction of sp³-hybridized carbons (Fsp3) is 0.500. The molecule has 20 heavy (non-hydrogen) atoms. The zero-order valence-corrected chi connectivity index (χ0v) is 13.3. The standard InChI is InChI=1S/C12H15BrF2N2O2S/c1-8-4-2-3-5-17(8)20(18,19)16-12-7-10(14)9(13)6-11(12)15/h6-8,16H,2-5H2,1H3. The average Bonchev–Trinajstić information content (AvgIpc) is 2.36. The Kier molecular flexibility index (Phi) is 4.66. The molecule has 0 aromatic heterocycles. The van der Waals surface area contributed by atoms with Crippen LogP contribution in [0.1, 0.15) is 26.2 Å². The molecule has 1 atom stereocenters. The van der Waals surface area contributed by atoms with E-state index in [2.05, 4.69) is 20.7 Å². The largest absolute Gasteiger partial charge is 0.301 e. The van der Waals surface area contributed by atoms with Crippen LogP contribution >= 0.6 is 15.9 Å². The number of hydrogen-bond donors (Lipinski definition) is 1. The molecule has 1 saturated heterocycles. The van der Waals surface area contributed by atoms with Gasteiger partial charge in [0, 0.05) is 18.7 Å². The summed E-state index contributed by atoms with van der Waals surface area (Å²) in [5, 5.41) is 0. The van der Waals surface area contributed by atoms with Crippen molar-refractivity contribution in [2.45, 2.75) is 32.2 Å². The summed E-state index contributed by atoms with van der Waals surface area (Å²) in [7, 11) is -3.88. The van der Waals surface area contributed by atoms with Gasteiger partial charge in [0.05, 0.1) is 10.2 Å². The number of benzene rings is 1. The van der Waals surface area contributed by atoms with Gasteiger partial charge in [-0.3, -0.25) is 4.72 Å². The Morgan fingerprint density at radius 3 is 2.65 bits per heavy atom. The second kappa shape index (κ2) is 5.95. The molecule has 112 valence electrons. The van der Waals surface area contributed by atoms with Crippen molar-refractivity contribution in [1.29, 1.82) is 0 Å². The molecule has 0 bridgehead atoms. The molecule has 1 N–H and O–H groups in total. The van der Waals surface area contributed by atoms with Gasteiger partial charge < -0.3 is 0 Å². The van der Waals surface area contributed by atoms with Gasteiger partial charge in [-0.2, -0.15) is 12.7 Å². The lowest BCUT2D eigenvalue weighted by Crippen LogP contribution is -2.44. The van der Waals surface area contributed by atoms with Crippen molar-refractivity contribution >= 4 is 31.8 Å². The third-order valence-corrected chi connectivity index (χ3v) is 5.55. The Morgan fingerprint density at radius 1 is 1.30 bits per heavy atom. The van der Waals surface area contributed by atoms with Crippen LogP contribution in [-0.2, 0) is 10.2 Å². The van der Waals surface area contributed by atoms with Crippen LogP contribution in [-0.4, -0.2) is 25.3 Å². The molecule has 8 heteroatoms. The van der Waals surface area contributed by atoms with Crippen LogP contribution in [0.15, 0.2) is 16.6 Å². The van der Waals surface area contributed by atoms with Gasteiger partial charge >= 0.3 is 10.2 Å². The van der Waals surface area contributed by atoms with Gasteiger partial charge in [-0.05, 0) is 41.8 Å². The summed E-state index contributed by atoms with van der Waals surface area (Å²) in [5.41, 5.74) is -0.386. The predicted octanol–water partition coefficient (Wildman–Crippen LogP) is 3.26. The summed E-state index contributed by atoms with van der Waals surface area (Å²) in [5.74, 6) is -1.55. The first-order valence-corrected chi connectivity index (χ1v) is 8.48. The zero-order chi connectivity index (χ0) is 14.9. The molecule has 1 aromatic rings. The molecule has 0 aliphatic carbocycles. The Labute approximate surface area is 125 Å². The Hall–Kier alpha value is -0.730. The lowest BCUT2D eigenvalue weighted by atomic mass is 10.1. The van der Waals surface area contributed by atoms with Crippen molar-refractivity contribution in [3.05, 3.63) is 28.2 Å². The lowest BCUT2D eigenvalue weighted by Gasteiger charge is -2.32. The molecule has 1 fully saturated rings. The van der Waals surface area contributed by atoms with Crippen LogP contribution in [0.4, 0.5) is 14.5 Å². The molecule has 0 spiro atoms. The van der Waals surface area contributed by atoms with E-state index in [9.17, 15) is 17.2 Å². The molecular weight excluding hydrogens is 354 g/mol. The van der Waals surface area contributed by atoms with E-state index in [1.807, 2.05) is 0 Å². The minimum atomic E-state index is -3.88. The van der Waals surface area contributed by atoms with Crippen molar-refractivity contribution in [2.24, 2.45) is 0 Å². The molecule has 4 nitrogen and oxygen atoms in total. The van der Waals surface area contributed by atoms with Gasteiger partial charge in [0.2, 0.25) is 0 Å². The van der Waals surface area contributed by atoms with Crippen LogP contribution in [0.3, 0.4) is 0 Å². The van der Waals surface area contributed by atoms with Crippen molar-refractivity contribution in [2.75, 3.05) is 11.3 Å². The van der Waals surface area contributed by atoms with E-state index in [1.165, 1.54) is 4.31 Å². The Morgan fingerprint density at radius 2 is 2.00 bits per heavy atom. The van der Waals surface area contributed by atoms with E-state index in [0.717, 1.165) is 31.4 Å². The fourth-order valence-corrected chi connectivity index (χ4v) is 4.04. The van der Waals surface area contributed by atoms with E-state index in [1.54, 1.807) is 6.92 Å². The topological polar surface area (TPSA) is 49.4 Å². The van der Waals surface area contributed by atoms with Crippen molar-refractivity contribution in [1.82, 2.24) is 4.31 Å². The number of halogens is 3. The quantitative estimate of drug-likeness (QED) is 0.832. The van der Waals surface area contributed by atoms with E-state index in [4.69, 9.17) is 0 Å². The van der Waals surface area contributed by atoms with Crippen LogP contribution in [0.2, 0.25) is 0 Å². The fourth-order valence-electron chi connectivity index (χ4n) is 2.23. The smallest absolute Gasteiger partial charge is 0.268 e. The molecular formula is C12H15BrF2N2O2S. The summed E-state index contributed by atoms with van der Waals surface area (Å²) < 4.78 is 54.9. The molecule has 1 aliphatic heterocycles. The number of hydrogen-bond acceptors (Lipinski definition) is 2. The summed E-state index contributed by atoms with van der Waals surface area (Å²) in [6, 6.07) is 1.57. The number of rotatable bonds is 3. The summed E-state index contributed by atoms with van der Waals surface area (Å²) in [6.07, 6.45) is 2.50. The molecule has 0 saturated carbocycles. The normalized spacial score (nSPS) is 20.9. The highest BCUT2D eigenvalue weighted by atomic mass is 79.9. The molecule has 1 aromatic carbocycles. The third-order valence-electron chi connectivity index (χ3n) is 3.30. The molecule has 0 amide bonds. The minimum absolute atomic E-state index is 0.0516. The van der Waals surface area contributed by atoms with Crippen LogP contribution in [0.5, 0.6) is 0 Å². The van der Waals surface area contributed by atoms with Crippen molar-refractivity contribution in [3.63, 3.8) is 0 Å². The second-order valence-electron chi connectivity index (χ2n) is 4.81. The minimum Gasteiger partial charge on any atom is -0.268 e. The van der Waals surface area contributed by atoms with E-state index >= 15 is 0 Å². The van der Waals surface area contributed by atoms with Gasteiger partial charge in [-0.1, -0.05) is 6.42 Å². The third kappa shape index (κ3) is 3.29. The van der Waals surface area contributed by atoms with Crippen molar-refractivity contribution < 1.29 is 17.2 Å². The van der Waals surface area contributed by atoms with E-state index < -0.39 is 21.8 Å². The summed E-state index contributed by atoms with van der Waals surface area (Å²) in [4.78, 5) is 0. The molecule has 1 aliphatic rings. The highest BCUT2D eigenvalue weighted by Gasteiger charge is 2.30. The molecule has 0 radical (unpaired) electrons. The van der Waals surface area contributed by atoms with Gasteiger partial charge in [0.25, 0.3) is 0 Å². The molecule has 1 unspecified atom stereocenters. The molecule has 1 heterocycles. The van der Waals surface area contributed by atoms with Gasteiger partial charge in [0.1, 0.15) is 11.6 Å². The SMILES string of the molecule is CC1CCCCN1S(=O)(=O)Nc1cc(F)c(Br)cc1F. The maximum absolute atomic E-state index is 13.7. The van der Waals surface area contributed by atoms with Crippen molar-refractivity contribution in [3.8, 4) is 0 Å². The highest BCUT2D eigenvalue weighted by molar-refractivity contribution is 9.10. The van der Waals surface area contributed by atoms with Crippen LogP contribution in [0, 0.1) is 11.6 Å². The van der Waals surface area contributed by atoms with E-state index in [-0.39, 0.29) is 16.2 Å². The number of nitrogens with one attached hydrogen (secondary N) is 1. The van der Waals surface area contributed by atoms with E-state index in [0.29, 0.717) is 6.54 Å². The first-order valence-electron chi connectivity index (χ1n) is 6.25. The predicted molar refractivity (Wildman–Crippen MR) is 76.6 cm³/mol. The summed E-state index contributed by atoms with van der Waals surface area (Å²) in [6.45, 7) is 2.19. The maximum atomic E-state index is 13.7. The zero-order valence-electron chi connectivity index (χ0n) is 10.9. The van der Waals surface area contributed by atoms with Gasteiger partial charge in [-0.25, -0.2) is 8.78 Å². The number of nitrogens with zero attached hydrogens (tertiary/aromatic N) is 1. The van der Waals surface area contributed by atoms with Crippen LogP contribution in [0.25, 0.3) is 0 Å². The Bertz CT molecular complexity index is 610. The highest BCUT2D eigenvalue weighted by Crippen LogP contribution is 2.26. The number of piperidine rings is 1. The average molecular weight is 369 g/mol.